The summed E-state index contributed by atoms with van der Waals surface area (Å²) in [6, 6.07) is 2.99. The monoisotopic (exact) mass is 211 g/mol. The van der Waals surface area contributed by atoms with Gasteiger partial charge in [0.25, 0.3) is 0 Å². The Morgan fingerprint density at radius 2 is 2.33 bits per heavy atom. The van der Waals surface area contributed by atoms with Crippen LogP contribution < -0.4 is 10.2 Å². The molecule has 1 N–H and O–H groups in total. The Hall–Kier alpha value is -1.13. The highest BCUT2D eigenvalue weighted by molar-refractivity contribution is 5.44. The van der Waals surface area contributed by atoms with Crippen molar-refractivity contribution in [3.63, 3.8) is 0 Å². The zero-order chi connectivity index (χ0) is 10.8. The number of aryl methyl sites for hydroxylation is 1. The van der Waals surface area contributed by atoms with Crippen molar-refractivity contribution < 1.29 is 14.0 Å². The molecule has 1 aromatic rings. The first kappa shape index (κ1) is 10.4. The molecule has 1 aromatic carbocycles. The molecular formula is C11H14FNO2. The lowest BCUT2D eigenvalue weighted by Crippen LogP contribution is -2.26. The van der Waals surface area contributed by atoms with Crippen LogP contribution in [-0.2, 0) is 4.84 Å². The Morgan fingerprint density at radius 1 is 1.53 bits per heavy atom. The number of hydrogen-bond donors (Lipinski definition) is 1. The van der Waals surface area contributed by atoms with Crippen molar-refractivity contribution in [2.45, 2.75) is 19.4 Å². The van der Waals surface area contributed by atoms with Gasteiger partial charge >= 0.3 is 0 Å². The molecule has 0 amide bonds. The lowest BCUT2D eigenvalue weighted by atomic mass is 9.98. The number of nitrogens with one attached hydrogen (secondary N) is 1. The summed E-state index contributed by atoms with van der Waals surface area (Å²) < 4.78 is 18.8. The molecule has 1 aliphatic rings. The fourth-order valence-electron chi connectivity index (χ4n) is 1.91. The predicted octanol–water partition coefficient (Wildman–Crippen LogP) is 2.11. The molecule has 0 aliphatic carbocycles. The second kappa shape index (κ2) is 4.16. The molecule has 1 aliphatic heterocycles. The van der Waals surface area contributed by atoms with Gasteiger partial charge < -0.3 is 9.57 Å². The number of rotatable bonds is 2. The molecule has 1 unspecified atom stereocenters. The minimum atomic E-state index is -0.236. The van der Waals surface area contributed by atoms with Crippen molar-refractivity contribution in [3.8, 4) is 5.75 Å². The van der Waals surface area contributed by atoms with Crippen LogP contribution in [0.1, 0.15) is 23.6 Å². The van der Waals surface area contributed by atoms with Gasteiger partial charge in [-0.1, -0.05) is 0 Å². The van der Waals surface area contributed by atoms with E-state index < -0.39 is 0 Å². The largest absolute Gasteiger partial charge is 0.493 e. The number of halogens is 1. The number of ether oxygens (including phenoxy) is 1. The topological polar surface area (TPSA) is 30.5 Å². The molecule has 0 fully saturated rings. The van der Waals surface area contributed by atoms with Gasteiger partial charge in [-0.2, -0.15) is 5.48 Å². The molecule has 4 heteroatoms. The lowest BCUT2D eigenvalue weighted by Gasteiger charge is -2.27. The average molecular weight is 211 g/mol. The van der Waals surface area contributed by atoms with Crippen molar-refractivity contribution >= 4 is 0 Å². The SMILES string of the molecule is CONC1CCOc2c(C)cc(F)cc21. The molecule has 0 bridgehead atoms. The van der Waals surface area contributed by atoms with Gasteiger partial charge in [0.2, 0.25) is 0 Å². The summed E-state index contributed by atoms with van der Waals surface area (Å²) in [4.78, 5) is 4.89. The maximum atomic E-state index is 13.2. The summed E-state index contributed by atoms with van der Waals surface area (Å²) in [5, 5.41) is 0. The molecule has 3 nitrogen and oxygen atoms in total. The minimum absolute atomic E-state index is 0.00755. The van der Waals surface area contributed by atoms with Gasteiger partial charge in [0.15, 0.2) is 0 Å². The molecular weight excluding hydrogens is 197 g/mol. The van der Waals surface area contributed by atoms with Gasteiger partial charge in [-0.15, -0.1) is 0 Å². The second-order valence-electron chi connectivity index (χ2n) is 3.65. The maximum absolute atomic E-state index is 13.2. The van der Waals surface area contributed by atoms with E-state index in [9.17, 15) is 4.39 Å². The van der Waals surface area contributed by atoms with Gasteiger partial charge in [-0.3, -0.25) is 0 Å². The quantitative estimate of drug-likeness (QED) is 0.760. The third kappa shape index (κ3) is 1.96. The van der Waals surface area contributed by atoms with E-state index in [1.807, 2.05) is 6.92 Å². The standard InChI is InChI=1S/C11H14FNO2/c1-7-5-8(12)6-9-10(13-14-2)3-4-15-11(7)9/h5-6,10,13H,3-4H2,1-2H3. The van der Waals surface area contributed by atoms with E-state index >= 15 is 0 Å². The lowest BCUT2D eigenvalue weighted by molar-refractivity contribution is 0.0460. The van der Waals surface area contributed by atoms with Crippen LogP contribution in [0, 0.1) is 12.7 Å². The molecule has 2 rings (SSSR count). The molecule has 0 radical (unpaired) electrons. The van der Waals surface area contributed by atoms with E-state index in [1.54, 1.807) is 7.11 Å². The van der Waals surface area contributed by atoms with Crippen molar-refractivity contribution in [1.29, 1.82) is 0 Å². The van der Waals surface area contributed by atoms with Gasteiger partial charge in [0.1, 0.15) is 11.6 Å². The van der Waals surface area contributed by atoms with Gasteiger partial charge in [-0.25, -0.2) is 4.39 Å². The van der Waals surface area contributed by atoms with Crippen molar-refractivity contribution in [2.24, 2.45) is 0 Å². The summed E-state index contributed by atoms with van der Waals surface area (Å²) >= 11 is 0. The van der Waals surface area contributed by atoms with Crippen molar-refractivity contribution in [3.05, 3.63) is 29.1 Å². The number of fused-ring (bicyclic) bond motifs is 1. The maximum Gasteiger partial charge on any atom is 0.127 e. The normalized spacial score (nSPS) is 19.5. The highest BCUT2D eigenvalue weighted by atomic mass is 19.1. The third-order valence-electron chi connectivity index (χ3n) is 2.56. The molecule has 1 atom stereocenters. The predicted molar refractivity (Wildman–Crippen MR) is 54.1 cm³/mol. The molecule has 0 saturated heterocycles. The molecule has 82 valence electrons. The van der Waals surface area contributed by atoms with E-state index in [1.165, 1.54) is 12.1 Å². The first-order valence-electron chi connectivity index (χ1n) is 4.93. The van der Waals surface area contributed by atoms with E-state index in [0.717, 1.165) is 23.3 Å². The van der Waals surface area contributed by atoms with Gasteiger partial charge in [-0.05, 0) is 24.6 Å². The number of hydroxylamine groups is 1. The molecule has 0 saturated carbocycles. The van der Waals surface area contributed by atoms with Crippen LogP contribution in [0.15, 0.2) is 12.1 Å². The van der Waals surface area contributed by atoms with Crippen LogP contribution in [0.3, 0.4) is 0 Å². The first-order valence-corrected chi connectivity index (χ1v) is 4.93. The van der Waals surface area contributed by atoms with E-state index in [0.29, 0.717) is 6.61 Å². The van der Waals surface area contributed by atoms with E-state index in [-0.39, 0.29) is 11.9 Å². The number of hydrogen-bond acceptors (Lipinski definition) is 3. The van der Waals surface area contributed by atoms with Crippen LogP contribution >= 0.6 is 0 Å². The molecule has 15 heavy (non-hydrogen) atoms. The molecule has 0 aromatic heterocycles. The highest BCUT2D eigenvalue weighted by Gasteiger charge is 2.23. The Kier molecular flexibility index (Phi) is 2.88. The van der Waals surface area contributed by atoms with Crippen LogP contribution in [0.5, 0.6) is 5.75 Å². The smallest absolute Gasteiger partial charge is 0.127 e. The Bertz CT molecular complexity index is 368. The summed E-state index contributed by atoms with van der Waals surface area (Å²) in [7, 11) is 1.56. The van der Waals surface area contributed by atoms with Gasteiger partial charge in [0, 0.05) is 12.0 Å². The second-order valence-corrected chi connectivity index (χ2v) is 3.65. The first-order chi connectivity index (χ1) is 7.22. The van der Waals surface area contributed by atoms with Crippen molar-refractivity contribution in [1.82, 2.24) is 5.48 Å². The molecule has 0 spiro atoms. The zero-order valence-corrected chi connectivity index (χ0v) is 8.84. The fourth-order valence-corrected chi connectivity index (χ4v) is 1.91. The highest BCUT2D eigenvalue weighted by Crippen LogP contribution is 2.35. The average Bonchev–Trinajstić information content (AvgIpc) is 2.19. The Balaban J connectivity index is 2.41. The summed E-state index contributed by atoms with van der Waals surface area (Å²) in [6.07, 6.45) is 0.781. The summed E-state index contributed by atoms with van der Waals surface area (Å²) in [5.41, 5.74) is 4.51. The minimum Gasteiger partial charge on any atom is -0.493 e. The van der Waals surface area contributed by atoms with E-state index in [4.69, 9.17) is 9.57 Å². The zero-order valence-electron chi connectivity index (χ0n) is 8.84. The fraction of sp³-hybridized carbons (Fsp3) is 0.455. The summed E-state index contributed by atoms with van der Waals surface area (Å²) in [6.45, 7) is 2.47. The van der Waals surface area contributed by atoms with Crippen LogP contribution in [0.4, 0.5) is 4.39 Å². The van der Waals surface area contributed by atoms with Crippen LogP contribution in [-0.4, -0.2) is 13.7 Å². The Labute approximate surface area is 88.1 Å². The van der Waals surface area contributed by atoms with Crippen molar-refractivity contribution in [2.75, 3.05) is 13.7 Å². The van der Waals surface area contributed by atoms with E-state index in [2.05, 4.69) is 5.48 Å². The summed E-state index contributed by atoms with van der Waals surface area (Å²) in [5.74, 6) is 0.539. The Morgan fingerprint density at radius 3 is 3.07 bits per heavy atom. The number of benzene rings is 1. The third-order valence-corrected chi connectivity index (χ3v) is 2.56. The van der Waals surface area contributed by atoms with Crippen LogP contribution in [0.25, 0.3) is 0 Å². The van der Waals surface area contributed by atoms with Crippen LogP contribution in [0.2, 0.25) is 0 Å². The van der Waals surface area contributed by atoms with Gasteiger partial charge in [0.05, 0.1) is 19.8 Å². The molecule has 1 heterocycles.